The van der Waals surface area contributed by atoms with Crippen molar-refractivity contribution in [1.82, 2.24) is 9.80 Å². The Balaban J connectivity index is 2.04. The Morgan fingerprint density at radius 2 is 2.13 bits per heavy atom. The molecule has 3 rings (SSSR count). The van der Waals surface area contributed by atoms with Gasteiger partial charge in [-0.1, -0.05) is 6.08 Å². The number of likely N-dealkylation sites (tertiary alicyclic amines) is 1. The number of hydrogen-bond donors (Lipinski definition) is 1. The minimum atomic E-state index is -1.03. The third kappa shape index (κ3) is 3.43. The van der Waals surface area contributed by atoms with E-state index in [-0.39, 0.29) is 31.6 Å². The minimum Gasteiger partial charge on any atom is -0.466 e. The average molecular weight is 423 g/mol. The van der Waals surface area contributed by atoms with Gasteiger partial charge in [-0.3, -0.25) is 14.4 Å². The van der Waals surface area contributed by atoms with E-state index >= 15 is 0 Å². The number of aliphatic hydroxyl groups is 1. The second kappa shape index (κ2) is 8.30. The third-order valence-electron chi connectivity index (χ3n) is 6.54. The maximum atomic E-state index is 13.9. The van der Waals surface area contributed by atoms with Crippen molar-refractivity contribution in [2.75, 3.05) is 26.3 Å². The van der Waals surface area contributed by atoms with Crippen LogP contribution in [0.2, 0.25) is 0 Å². The van der Waals surface area contributed by atoms with Gasteiger partial charge in [-0.25, -0.2) is 0 Å². The lowest BCUT2D eigenvalue weighted by atomic mass is 9.70. The number of carbonyl (C=O) groups is 3. The number of nitrogens with zero attached hydrogens (tertiary/aromatic N) is 2. The first-order chi connectivity index (χ1) is 14.1. The van der Waals surface area contributed by atoms with Gasteiger partial charge in [0.25, 0.3) is 0 Å². The van der Waals surface area contributed by atoms with Crippen LogP contribution in [0.5, 0.6) is 0 Å². The molecule has 0 radical (unpaired) electrons. The van der Waals surface area contributed by atoms with E-state index in [1.807, 2.05) is 20.8 Å². The lowest BCUT2D eigenvalue weighted by molar-refractivity contribution is -0.155. The number of rotatable bonds is 8. The summed E-state index contributed by atoms with van der Waals surface area (Å²) in [5.74, 6) is -2.32. The quantitative estimate of drug-likeness (QED) is 0.465. The van der Waals surface area contributed by atoms with Gasteiger partial charge in [0.1, 0.15) is 11.6 Å². The first-order valence-corrected chi connectivity index (χ1v) is 10.8. The molecule has 3 heterocycles. The van der Waals surface area contributed by atoms with Crippen molar-refractivity contribution in [2.45, 2.75) is 70.2 Å². The van der Waals surface area contributed by atoms with Crippen LogP contribution in [0.4, 0.5) is 0 Å². The molecule has 0 saturated carbocycles. The highest BCUT2D eigenvalue weighted by atomic mass is 16.6. The summed E-state index contributed by atoms with van der Waals surface area (Å²) in [6, 6.07) is -0.829. The van der Waals surface area contributed by atoms with Gasteiger partial charge in [0.2, 0.25) is 11.8 Å². The average Bonchev–Trinajstić information content (AvgIpc) is 3.30. The lowest BCUT2D eigenvalue weighted by Gasteiger charge is -2.42. The highest BCUT2D eigenvalue weighted by Crippen LogP contribution is 2.58. The van der Waals surface area contributed by atoms with E-state index in [0.717, 1.165) is 0 Å². The Morgan fingerprint density at radius 1 is 1.43 bits per heavy atom. The van der Waals surface area contributed by atoms with Crippen molar-refractivity contribution in [1.29, 1.82) is 0 Å². The number of esters is 1. The molecule has 0 aromatic carbocycles. The van der Waals surface area contributed by atoms with Gasteiger partial charge < -0.3 is 24.4 Å². The zero-order chi connectivity index (χ0) is 22.3. The molecule has 0 unspecified atom stereocenters. The van der Waals surface area contributed by atoms with E-state index in [1.165, 1.54) is 4.90 Å². The third-order valence-corrected chi connectivity index (χ3v) is 6.54. The molecule has 3 saturated heterocycles. The molecule has 3 aliphatic rings. The summed E-state index contributed by atoms with van der Waals surface area (Å²) in [5, 5.41) is 9.35. The standard InChI is InChI=1S/C22H34N2O6/c1-6-11-24(21(3,4)5)19(27)17-22-10-9-14(30-22)15(20(28)29-7-2)16(22)18(26)23(17)12-8-13-25/h6,14-17,25H,1,7-13H2,2-5H3/t14-,15+,16+,17-,22+/m1/s1. The van der Waals surface area contributed by atoms with Crippen LogP contribution in [0.25, 0.3) is 0 Å². The molecule has 2 amide bonds. The summed E-state index contributed by atoms with van der Waals surface area (Å²) in [4.78, 5) is 43.3. The van der Waals surface area contributed by atoms with Crippen LogP contribution in [0.15, 0.2) is 12.7 Å². The van der Waals surface area contributed by atoms with Gasteiger partial charge in [-0.05, 0) is 47.0 Å². The number of hydrogen-bond acceptors (Lipinski definition) is 6. The topological polar surface area (TPSA) is 96.4 Å². The van der Waals surface area contributed by atoms with Crippen LogP contribution in [-0.2, 0) is 23.9 Å². The van der Waals surface area contributed by atoms with Crippen molar-refractivity contribution in [2.24, 2.45) is 11.8 Å². The first-order valence-electron chi connectivity index (χ1n) is 10.8. The molecule has 2 bridgehead atoms. The predicted octanol–water partition coefficient (Wildman–Crippen LogP) is 1.12. The molecule has 3 aliphatic heterocycles. The van der Waals surface area contributed by atoms with Gasteiger partial charge in [-0.2, -0.15) is 0 Å². The molecular weight excluding hydrogens is 388 g/mol. The monoisotopic (exact) mass is 422 g/mol. The molecule has 8 heteroatoms. The van der Waals surface area contributed by atoms with E-state index in [9.17, 15) is 19.5 Å². The number of carbonyl (C=O) groups excluding carboxylic acids is 3. The molecule has 30 heavy (non-hydrogen) atoms. The second-order valence-electron chi connectivity index (χ2n) is 9.33. The fourth-order valence-electron chi connectivity index (χ4n) is 5.39. The molecule has 1 spiro atoms. The van der Waals surface area contributed by atoms with E-state index in [2.05, 4.69) is 6.58 Å². The number of ether oxygens (including phenoxy) is 2. The van der Waals surface area contributed by atoms with Gasteiger partial charge in [0.05, 0.1) is 24.5 Å². The van der Waals surface area contributed by atoms with Crippen molar-refractivity contribution in [3.05, 3.63) is 12.7 Å². The van der Waals surface area contributed by atoms with E-state index in [1.54, 1.807) is 17.9 Å². The van der Waals surface area contributed by atoms with Crippen molar-refractivity contribution >= 4 is 17.8 Å². The summed E-state index contributed by atoms with van der Waals surface area (Å²) in [5.41, 5.74) is -1.51. The zero-order valence-corrected chi connectivity index (χ0v) is 18.4. The Kier molecular flexibility index (Phi) is 6.30. The molecule has 0 aromatic heterocycles. The van der Waals surface area contributed by atoms with Crippen LogP contribution in [0.3, 0.4) is 0 Å². The number of amides is 2. The summed E-state index contributed by atoms with van der Waals surface area (Å²) < 4.78 is 11.6. The van der Waals surface area contributed by atoms with Gasteiger partial charge in [-0.15, -0.1) is 6.58 Å². The Bertz CT molecular complexity index is 717. The fourth-order valence-corrected chi connectivity index (χ4v) is 5.39. The number of aliphatic hydroxyl groups excluding tert-OH is 1. The largest absolute Gasteiger partial charge is 0.466 e. The van der Waals surface area contributed by atoms with Crippen LogP contribution >= 0.6 is 0 Å². The lowest BCUT2D eigenvalue weighted by Crippen LogP contribution is -2.60. The Morgan fingerprint density at radius 3 is 2.70 bits per heavy atom. The van der Waals surface area contributed by atoms with Crippen LogP contribution in [-0.4, -0.2) is 82.3 Å². The highest BCUT2D eigenvalue weighted by molar-refractivity contribution is 5.98. The minimum absolute atomic E-state index is 0.0945. The molecule has 5 atom stereocenters. The maximum Gasteiger partial charge on any atom is 0.312 e. The second-order valence-corrected chi connectivity index (χ2v) is 9.33. The van der Waals surface area contributed by atoms with Crippen molar-refractivity contribution < 1.29 is 29.0 Å². The highest BCUT2D eigenvalue weighted by Gasteiger charge is 2.75. The maximum absolute atomic E-state index is 13.9. The summed E-state index contributed by atoms with van der Waals surface area (Å²) in [6.07, 6.45) is 2.77. The Hall–Kier alpha value is -1.93. The number of fused-ring (bicyclic) bond motifs is 1. The SMILES string of the molecule is C=CCN(C(=O)[C@H]1N(CCCO)C(=O)[C@@H]2[C@@H](C(=O)OCC)[C@H]3CC[C@]21O3)C(C)(C)C. The molecule has 168 valence electrons. The Labute approximate surface area is 178 Å². The molecular formula is C22H34N2O6. The van der Waals surface area contributed by atoms with Crippen LogP contribution < -0.4 is 0 Å². The smallest absolute Gasteiger partial charge is 0.312 e. The fraction of sp³-hybridized carbons (Fsp3) is 0.773. The van der Waals surface area contributed by atoms with E-state index in [0.29, 0.717) is 25.8 Å². The van der Waals surface area contributed by atoms with Crippen LogP contribution in [0.1, 0.15) is 47.0 Å². The predicted molar refractivity (Wildman–Crippen MR) is 109 cm³/mol. The first kappa shape index (κ1) is 22.7. The molecule has 0 aliphatic carbocycles. The van der Waals surface area contributed by atoms with E-state index < -0.39 is 41.1 Å². The van der Waals surface area contributed by atoms with Gasteiger partial charge in [0, 0.05) is 25.2 Å². The summed E-state index contributed by atoms with van der Waals surface area (Å²) >= 11 is 0. The summed E-state index contributed by atoms with van der Waals surface area (Å²) in [6.45, 7) is 12.0. The van der Waals surface area contributed by atoms with Crippen LogP contribution in [0, 0.1) is 11.8 Å². The normalized spacial score (nSPS) is 32.3. The molecule has 0 aromatic rings. The zero-order valence-electron chi connectivity index (χ0n) is 18.4. The van der Waals surface area contributed by atoms with E-state index in [4.69, 9.17) is 9.47 Å². The van der Waals surface area contributed by atoms with Crippen molar-refractivity contribution in [3.63, 3.8) is 0 Å². The molecule has 3 fully saturated rings. The molecule has 8 nitrogen and oxygen atoms in total. The van der Waals surface area contributed by atoms with Gasteiger partial charge in [0.15, 0.2) is 0 Å². The molecule has 1 N–H and O–H groups in total. The van der Waals surface area contributed by atoms with Gasteiger partial charge >= 0.3 is 5.97 Å². The summed E-state index contributed by atoms with van der Waals surface area (Å²) in [7, 11) is 0. The van der Waals surface area contributed by atoms with Crippen molar-refractivity contribution in [3.8, 4) is 0 Å².